The normalized spacial score (nSPS) is 18.8. The molecule has 0 unspecified atom stereocenters. The lowest BCUT2D eigenvalue weighted by molar-refractivity contribution is -0.130. The number of carbonyl (C=O) groups excluding carboxylic acids is 1. The van der Waals surface area contributed by atoms with Gasteiger partial charge in [0.05, 0.1) is 29.8 Å². The zero-order valence-corrected chi connectivity index (χ0v) is 11.4. The fourth-order valence-electron chi connectivity index (χ4n) is 2.00. The van der Waals surface area contributed by atoms with Crippen LogP contribution in [0.3, 0.4) is 0 Å². The maximum Gasteiger partial charge on any atom is 0.228 e. The van der Waals surface area contributed by atoms with Crippen LogP contribution in [-0.4, -0.2) is 48.8 Å². The number of nitrogens with two attached hydrogens (primary N) is 1. The Morgan fingerprint density at radius 3 is 2.79 bits per heavy atom. The van der Waals surface area contributed by atoms with Gasteiger partial charge in [0.25, 0.3) is 0 Å². The summed E-state index contributed by atoms with van der Waals surface area (Å²) in [7, 11) is -2.99. The smallest absolute Gasteiger partial charge is 0.228 e. The predicted octanol–water partition coefficient (Wildman–Crippen LogP) is -0.147. The molecule has 0 spiro atoms. The molecule has 1 saturated heterocycles. The molecule has 0 saturated carbocycles. The highest BCUT2D eigenvalue weighted by atomic mass is 32.2. The molecule has 0 aliphatic carbocycles. The molecular weight excluding hydrogens is 266 g/mol. The van der Waals surface area contributed by atoms with Crippen LogP contribution in [0.2, 0.25) is 0 Å². The molecule has 2 heterocycles. The van der Waals surface area contributed by atoms with Crippen LogP contribution in [0.5, 0.6) is 0 Å². The summed E-state index contributed by atoms with van der Waals surface area (Å²) in [6, 6.07) is 3.41. The van der Waals surface area contributed by atoms with Crippen molar-refractivity contribution in [3.63, 3.8) is 0 Å². The molecule has 1 amide bonds. The SMILES string of the molecule is Nc1ccc(CC(=O)N2CCCS(=O)(=O)CC2)nc1. The molecule has 2 rings (SSSR count). The van der Waals surface area contributed by atoms with Gasteiger partial charge in [0.1, 0.15) is 0 Å². The Balaban J connectivity index is 1.98. The first-order valence-corrected chi connectivity index (χ1v) is 7.97. The summed E-state index contributed by atoms with van der Waals surface area (Å²) in [5, 5.41) is 0. The molecule has 0 atom stereocenters. The number of carbonyl (C=O) groups is 1. The number of amides is 1. The van der Waals surface area contributed by atoms with E-state index in [1.54, 1.807) is 17.0 Å². The predicted molar refractivity (Wildman–Crippen MR) is 72.2 cm³/mol. The Bertz CT molecular complexity index is 554. The molecule has 1 fully saturated rings. The molecule has 6 nitrogen and oxygen atoms in total. The summed E-state index contributed by atoms with van der Waals surface area (Å²) < 4.78 is 22.9. The molecule has 104 valence electrons. The highest BCUT2D eigenvalue weighted by molar-refractivity contribution is 7.91. The Morgan fingerprint density at radius 2 is 2.11 bits per heavy atom. The third-order valence-electron chi connectivity index (χ3n) is 3.09. The largest absolute Gasteiger partial charge is 0.397 e. The Morgan fingerprint density at radius 1 is 1.32 bits per heavy atom. The number of sulfone groups is 1. The third kappa shape index (κ3) is 3.92. The van der Waals surface area contributed by atoms with Gasteiger partial charge in [-0.05, 0) is 18.6 Å². The van der Waals surface area contributed by atoms with Crippen LogP contribution in [0.25, 0.3) is 0 Å². The number of hydrogen-bond acceptors (Lipinski definition) is 5. The van der Waals surface area contributed by atoms with Crippen molar-refractivity contribution >= 4 is 21.4 Å². The summed E-state index contributed by atoms with van der Waals surface area (Å²) in [5.74, 6) is 0.125. The van der Waals surface area contributed by atoms with E-state index < -0.39 is 9.84 Å². The van der Waals surface area contributed by atoms with Crippen LogP contribution in [0.15, 0.2) is 18.3 Å². The van der Waals surface area contributed by atoms with E-state index in [0.29, 0.717) is 24.3 Å². The number of rotatable bonds is 2. The highest BCUT2D eigenvalue weighted by Crippen LogP contribution is 2.08. The van der Waals surface area contributed by atoms with Crippen molar-refractivity contribution in [3.8, 4) is 0 Å². The summed E-state index contributed by atoms with van der Waals surface area (Å²) >= 11 is 0. The van der Waals surface area contributed by atoms with Gasteiger partial charge in [0.15, 0.2) is 9.84 Å². The van der Waals surface area contributed by atoms with E-state index in [-0.39, 0.29) is 30.4 Å². The van der Waals surface area contributed by atoms with Gasteiger partial charge in [-0.1, -0.05) is 0 Å². The molecule has 1 aliphatic rings. The van der Waals surface area contributed by atoms with Crippen molar-refractivity contribution in [2.75, 3.05) is 30.3 Å². The minimum Gasteiger partial charge on any atom is -0.397 e. The molecule has 2 N–H and O–H groups in total. The fourth-order valence-corrected chi connectivity index (χ4v) is 3.27. The van der Waals surface area contributed by atoms with Gasteiger partial charge in [-0.3, -0.25) is 9.78 Å². The quantitative estimate of drug-likeness (QED) is 0.815. The third-order valence-corrected chi connectivity index (χ3v) is 4.80. The standard InChI is InChI=1S/C12H17N3O3S/c13-10-2-3-11(14-9-10)8-12(16)15-4-1-6-19(17,18)7-5-15/h2-3,9H,1,4-8,13H2. The molecular formula is C12H17N3O3S. The van der Waals surface area contributed by atoms with E-state index in [9.17, 15) is 13.2 Å². The minimum atomic E-state index is -2.99. The number of anilines is 1. The van der Waals surface area contributed by atoms with Gasteiger partial charge >= 0.3 is 0 Å². The van der Waals surface area contributed by atoms with Crippen LogP contribution in [0.4, 0.5) is 5.69 Å². The first kappa shape index (κ1) is 13.8. The Kier molecular flexibility index (Phi) is 4.04. The Hall–Kier alpha value is -1.63. The van der Waals surface area contributed by atoms with Gasteiger partial charge < -0.3 is 10.6 Å². The van der Waals surface area contributed by atoms with E-state index in [2.05, 4.69) is 4.98 Å². The maximum atomic E-state index is 12.1. The van der Waals surface area contributed by atoms with Crippen LogP contribution in [0, 0.1) is 0 Å². The average molecular weight is 283 g/mol. The lowest BCUT2D eigenvalue weighted by Gasteiger charge is -2.19. The molecule has 1 aromatic heterocycles. The van der Waals surface area contributed by atoms with Crippen molar-refractivity contribution in [3.05, 3.63) is 24.0 Å². The van der Waals surface area contributed by atoms with Crippen LogP contribution >= 0.6 is 0 Å². The second-order valence-corrected chi connectivity index (χ2v) is 6.95. The second-order valence-electron chi connectivity index (χ2n) is 4.65. The monoisotopic (exact) mass is 283 g/mol. The van der Waals surface area contributed by atoms with Crippen molar-refractivity contribution in [2.45, 2.75) is 12.8 Å². The molecule has 0 bridgehead atoms. The zero-order valence-electron chi connectivity index (χ0n) is 10.6. The van der Waals surface area contributed by atoms with E-state index in [1.807, 2.05) is 0 Å². The summed E-state index contributed by atoms with van der Waals surface area (Å²) in [6.45, 7) is 0.767. The first-order chi connectivity index (χ1) is 8.96. The van der Waals surface area contributed by atoms with Crippen LogP contribution in [0.1, 0.15) is 12.1 Å². The summed E-state index contributed by atoms with van der Waals surface area (Å²) in [4.78, 5) is 17.8. The fraction of sp³-hybridized carbons (Fsp3) is 0.500. The van der Waals surface area contributed by atoms with Gasteiger partial charge in [-0.25, -0.2) is 8.42 Å². The van der Waals surface area contributed by atoms with Crippen LogP contribution in [-0.2, 0) is 21.1 Å². The van der Waals surface area contributed by atoms with Gasteiger partial charge in [0, 0.05) is 18.8 Å². The van der Waals surface area contributed by atoms with E-state index in [1.165, 1.54) is 6.20 Å². The molecule has 0 aromatic carbocycles. The molecule has 1 aromatic rings. The van der Waals surface area contributed by atoms with Gasteiger partial charge in [0.2, 0.25) is 5.91 Å². The zero-order chi connectivity index (χ0) is 13.9. The summed E-state index contributed by atoms with van der Waals surface area (Å²) in [6.07, 6.45) is 2.19. The van der Waals surface area contributed by atoms with Crippen molar-refractivity contribution < 1.29 is 13.2 Å². The summed E-state index contributed by atoms with van der Waals surface area (Å²) in [5.41, 5.74) is 6.72. The molecule has 1 aliphatic heterocycles. The minimum absolute atomic E-state index is 0.0495. The number of nitrogen functional groups attached to an aromatic ring is 1. The van der Waals surface area contributed by atoms with E-state index in [4.69, 9.17) is 5.73 Å². The Labute approximate surface area is 112 Å². The number of hydrogen-bond donors (Lipinski definition) is 1. The number of aromatic nitrogens is 1. The van der Waals surface area contributed by atoms with Crippen molar-refractivity contribution in [2.24, 2.45) is 0 Å². The molecule has 19 heavy (non-hydrogen) atoms. The molecule has 7 heteroatoms. The number of nitrogens with zero attached hydrogens (tertiary/aromatic N) is 2. The van der Waals surface area contributed by atoms with Crippen molar-refractivity contribution in [1.29, 1.82) is 0 Å². The lowest BCUT2D eigenvalue weighted by Crippen LogP contribution is -2.34. The topological polar surface area (TPSA) is 93.4 Å². The van der Waals surface area contributed by atoms with Gasteiger partial charge in [-0.2, -0.15) is 0 Å². The second kappa shape index (κ2) is 5.56. The molecule has 0 radical (unpaired) electrons. The van der Waals surface area contributed by atoms with Crippen molar-refractivity contribution in [1.82, 2.24) is 9.88 Å². The first-order valence-electron chi connectivity index (χ1n) is 6.15. The average Bonchev–Trinajstić information content (AvgIpc) is 2.53. The number of pyridine rings is 1. The highest BCUT2D eigenvalue weighted by Gasteiger charge is 2.22. The van der Waals surface area contributed by atoms with Crippen LogP contribution < -0.4 is 5.73 Å². The lowest BCUT2D eigenvalue weighted by atomic mass is 10.2. The van der Waals surface area contributed by atoms with Gasteiger partial charge in [-0.15, -0.1) is 0 Å². The van der Waals surface area contributed by atoms with E-state index in [0.717, 1.165) is 0 Å². The van der Waals surface area contributed by atoms with E-state index >= 15 is 0 Å². The maximum absolute atomic E-state index is 12.1.